The van der Waals surface area contributed by atoms with Crippen molar-refractivity contribution in [3.05, 3.63) is 0 Å². The fourth-order valence-corrected chi connectivity index (χ4v) is 0. The molecule has 0 radical (unpaired) electrons. The van der Waals surface area contributed by atoms with E-state index in [1.165, 1.54) is 0 Å². The van der Waals surface area contributed by atoms with Gasteiger partial charge in [0.2, 0.25) is 0 Å². The molecule has 5 heteroatoms. The Balaban J connectivity index is -0.0000000179. The van der Waals surface area contributed by atoms with Gasteiger partial charge in [0.15, 0.2) is 0 Å². The average Bonchev–Trinajstić information content (AvgIpc) is 1.96. The first kappa shape index (κ1) is 29.2. The Morgan fingerprint density at radius 1 is 0.917 bits per heavy atom. The van der Waals surface area contributed by atoms with Crippen LogP contribution in [-0.4, -0.2) is 48.5 Å². The minimum Gasteiger partial charge on any atom is -0.857 e. The van der Waals surface area contributed by atoms with Crippen molar-refractivity contribution >= 4 is 46.3 Å². The van der Waals surface area contributed by atoms with Gasteiger partial charge in [-0.25, -0.2) is 0 Å². The summed E-state index contributed by atoms with van der Waals surface area (Å²) in [6, 6.07) is 0. The van der Waals surface area contributed by atoms with Crippen molar-refractivity contribution in [3.8, 4) is 0 Å². The summed E-state index contributed by atoms with van der Waals surface area (Å²) in [5.74, 6) is 1.44. The van der Waals surface area contributed by atoms with Crippen LogP contribution < -0.4 is 10.2 Å². The number of alkyl halides is 2. The summed E-state index contributed by atoms with van der Waals surface area (Å²) in [6.07, 6.45) is 0. The van der Waals surface area contributed by atoms with Crippen molar-refractivity contribution in [2.75, 3.05) is 25.5 Å². The van der Waals surface area contributed by atoms with Gasteiger partial charge < -0.3 is 10.2 Å². The zero-order valence-corrected chi connectivity index (χ0v) is 11.3. The molecule has 0 bridgehead atoms. The Labute approximate surface area is 102 Å². The molecule has 0 saturated heterocycles. The molecular formula is C7H18Cl2MgO2. The largest absolute Gasteiger partial charge is 2.00 e. The van der Waals surface area contributed by atoms with Gasteiger partial charge in [-0.2, -0.15) is 7.11 Å². The van der Waals surface area contributed by atoms with Crippen LogP contribution in [0.3, 0.4) is 0 Å². The first-order chi connectivity index (χ1) is 5.24. The minimum atomic E-state index is 0. The molecule has 0 unspecified atom stereocenters. The molecule has 74 valence electrons. The van der Waals surface area contributed by atoms with Gasteiger partial charge in [-0.3, -0.25) is 0 Å². The van der Waals surface area contributed by atoms with Crippen molar-refractivity contribution in [2.24, 2.45) is 0 Å². The number of hydrogen-bond donors (Lipinski definition) is 0. The van der Waals surface area contributed by atoms with E-state index in [-0.39, 0.29) is 29.7 Å². The standard InChI is InChI=1S/2C2H5Cl.C2H5O.CH3O.Mg/c3*1-2-3;1-2;/h3*2H2,1H3;1H3;/q;;2*-1;+2. The predicted molar refractivity (Wildman–Crippen MR) is 55.0 cm³/mol. The van der Waals surface area contributed by atoms with Gasteiger partial charge in [0.05, 0.1) is 0 Å². The fourth-order valence-electron chi connectivity index (χ4n) is 0. The van der Waals surface area contributed by atoms with Gasteiger partial charge in [0.1, 0.15) is 0 Å². The van der Waals surface area contributed by atoms with Crippen LogP contribution in [-0.2, 0) is 0 Å². The third-order valence-electron chi connectivity index (χ3n) is 0. The van der Waals surface area contributed by atoms with Crippen molar-refractivity contribution in [3.63, 3.8) is 0 Å². The van der Waals surface area contributed by atoms with Crippen LogP contribution in [0.1, 0.15) is 20.8 Å². The van der Waals surface area contributed by atoms with Gasteiger partial charge >= 0.3 is 23.1 Å². The van der Waals surface area contributed by atoms with E-state index in [4.69, 9.17) is 33.4 Å². The first-order valence-corrected chi connectivity index (χ1v) is 4.42. The van der Waals surface area contributed by atoms with Crippen LogP contribution in [0.15, 0.2) is 0 Å². The van der Waals surface area contributed by atoms with E-state index in [2.05, 4.69) is 0 Å². The molecule has 0 N–H and O–H groups in total. The summed E-state index contributed by atoms with van der Waals surface area (Å²) >= 11 is 10.00. The molecule has 0 rings (SSSR count). The van der Waals surface area contributed by atoms with Gasteiger partial charge in [-0.1, -0.05) is 20.8 Å². The third kappa shape index (κ3) is 741. The number of rotatable bonds is 0. The SMILES string of the molecule is CCCl.CCCl.CC[O-].C[O-].[Mg+2]. The molecule has 0 aromatic rings. The molecule has 0 aromatic heterocycles. The molecule has 0 fully saturated rings. The van der Waals surface area contributed by atoms with E-state index < -0.39 is 0 Å². The van der Waals surface area contributed by atoms with Crippen molar-refractivity contribution in [2.45, 2.75) is 20.8 Å². The van der Waals surface area contributed by atoms with Crippen molar-refractivity contribution in [1.29, 1.82) is 0 Å². The molecule has 2 nitrogen and oxygen atoms in total. The number of halogens is 2. The Kier molecular flexibility index (Phi) is 208. The van der Waals surface area contributed by atoms with Crippen LogP contribution in [0.25, 0.3) is 0 Å². The quantitative estimate of drug-likeness (QED) is 0.447. The van der Waals surface area contributed by atoms with Crippen LogP contribution in [0, 0.1) is 0 Å². The zero-order chi connectivity index (χ0) is 10.1. The second kappa shape index (κ2) is 85.5. The normalized spacial score (nSPS) is 5.00. The van der Waals surface area contributed by atoms with Crippen LogP contribution in [0.5, 0.6) is 0 Å². The summed E-state index contributed by atoms with van der Waals surface area (Å²) < 4.78 is 0. The summed E-state index contributed by atoms with van der Waals surface area (Å²) in [7, 11) is 0.750. The summed E-state index contributed by atoms with van der Waals surface area (Å²) in [5.41, 5.74) is 0. The molecule has 0 spiro atoms. The molecule has 0 atom stereocenters. The second-order valence-electron chi connectivity index (χ2n) is 0.823. The Bertz CT molecular complexity index is 24.1. The van der Waals surface area contributed by atoms with E-state index in [1.54, 1.807) is 6.92 Å². The van der Waals surface area contributed by atoms with Crippen molar-refractivity contribution < 1.29 is 10.2 Å². The topological polar surface area (TPSA) is 46.1 Å². The van der Waals surface area contributed by atoms with Crippen LogP contribution in [0.2, 0.25) is 0 Å². The van der Waals surface area contributed by atoms with Gasteiger partial charge in [0.25, 0.3) is 0 Å². The molecule has 0 aromatic carbocycles. The molecule has 0 heterocycles. The van der Waals surface area contributed by atoms with Gasteiger partial charge in [0, 0.05) is 11.8 Å². The third-order valence-corrected chi connectivity index (χ3v) is 0. The van der Waals surface area contributed by atoms with Crippen molar-refractivity contribution in [1.82, 2.24) is 0 Å². The summed E-state index contributed by atoms with van der Waals surface area (Å²) in [4.78, 5) is 0. The van der Waals surface area contributed by atoms with E-state index in [9.17, 15) is 0 Å². The maximum absolute atomic E-state index is 8.93. The molecule has 0 aliphatic rings. The predicted octanol–water partition coefficient (Wildman–Crippen LogP) is 0.452. The van der Waals surface area contributed by atoms with Crippen LogP contribution >= 0.6 is 23.2 Å². The Morgan fingerprint density at radius 3 is 0.917 bits per heavy atom. The average molecular weight is 229 g/mol. The molecule has 0 saturated carbocycles. The monoisotopic (exact) mass is 228 g/mol. The number of hydrogen-bond acceptors (Lipinski definition) is 2. The maximum atomic E-state index is 8.93. The summed E-state index contributed by atoms with van der Waals surface area (Å²) in [6.45, 7) is 5.35. The van der Waals surface area contributed by atoms with Gasteiger partial charge in [-0.15, -0.1) is 29.8 Å². The second-order valence-corrected chi connectivity index (χ2v) is 1.89. The maximum Gasteiger partial charge on any atom is 2.00 e. The fraction of sp³-hybridized carbons (Fsp3) is 1.00. The van der Waals surface area contributed by atoms with Crippen LogP contribution in [0.4, 0.5) is 0 Å². The Morgan fingerprint density at radius 2 is 0.917 bits per heavy atom. The molecule has 12 heavy (non-hydrogen) atoms. The first-order valence-electron chi connectivity index (χ1n) is 3.35. The molecule has 0 amide bonds. The zero-order valence-electron chi connectivity index (χ0n) is 8.40. The Hall–Kier alpha value is 1.27. The van der Waals surface area contributed by atoms with E-state index >= 15 is 0 Å². The molecule has 0 aliphatic heterocycles. The molecule has 0 aliphatic carbocycles. The summed E-state index contributed by atoms with van der Waals surface area (Å²) in [5, 5.41) is 17.2. The van der Waals surface area contributed by atoms with Gasteiger partial charge in [-0.05, 0) is 0 Å². The van der Waals surface area contributed by atoms with E-state index in [0.29, 0.717) is 0 Å². The molecular weight excluding hydrogens is 211 g/mol. The van der Waals surface area contributed by atoms with E-state index in [1.807, 2.05) is 13.8 Å². The smallest absolute Gasteiger partial charge is 0.857 e. The minimum absolute atomic E-state index is 0. The van der Waals surface area contributed by atoms with E-state index in [0.717, 1.165) is 18.9 Å².